The van der Waals surface area contributed by atoms with Crippen LogP contribution >= 0.6 is 39.0 Å². The van der Waals surface area contributed by atoms with E-state index in [1.165, 1.54) is 0 Å². The second kappa shape index (κ2) is 5.60. The van der Waals surface area contributed by atoms with Gasteiger partial charge in [0.15, 0.2) is 0 Å². The second-order valence-electron chi connectivity index (χ2n) is 2.85. The molecule has 0 aliphatic rings. The number of halogens is 1. The van der Waals surface area contributed by atoms with E-state index in [-0.39, 0.29) is 0 Å². The predicted molar refractivity (Wildman–Crippen MR) is 71.0 cm³/mol. The molecule has 0 unspecified atom stereocenters. The quantitative estimate of drug-likeness (QED) is 0.879. The van der Waals surface area contributed by atoms with Gasteiger partial charge in [-0.05, 0) is 28.1 Å². The van der Waals surface area contributed by atoms with Crippen molar-refractivity contribution in [3.8, 4) is 0 Å². The molecule has 0 bridgehead atoms. The average Bonchev–Trinajstić information content (AvgIpc) is 2.76. The Morgan fingerprint density at radius 3 is 2.94 bits per heavy atom. The van der Waals surface area contributed by atoms with Crippen molar-refractivity contribution in [2.75, 3.05) is 12.4 Å². The molecule has 1 N–H and O–H groups in total. The molecular weight excluding hydrogens is 308 g/mol. The summed E-state index contributed by atoms with van der Waals surface area (Å²) in [5.41, 5.74) is 0. The molecule has 0 radical (unpaired) electrons. The average molecular weight is 317 g/mol. The summed E-state index contributed by atoms with van der Waals surface area (Å²) in [4.78, 5) is 4.28. The van der Waals surface area contributed by atoms with E-state index in [0.717, 1.165) is 25.4 Å². The lowest BCUT2D eigenvalue weighted by atomic mass is 10.5. The van der Waals surface area contributed by atoms with Crippen molar-refractivity contribution in [1.29, 1.82) is 0 Å². The summed E-state index contributed by atoms with van der Waals surface area (Å²) in [6.45, 7) is 0. The van der Waals surface area contributed by atoms with Gasteiger partial charge in [0.2, 0.25) is 5.13 Å². The Morgan fingerprint density at radius 1 is 1.44 bits per heavy atom. The van der Waals surface area contributed by atoms with Crippen LogP contribution in [0.3, 0.4) is 0 Å². The number of anilines is 1. The molecule has 0 aliphatic carbocycles. The molecule has 7 heteroatoms. The fourth-order valence-electron chi connectivity index (χ4n) is 0.996. The Hall–Kier alpha value is -0.660. The SMILES string of the molecule is CNc1nnc(CSc2ccc(Br)cn2)s1. The van der Waals surface area contributed by atoms with E-state index >= 15 is 0 Å². The highest BCUT2D eigenvalue weighted by Gasteiger charge is 2.03. The van der Waals surface area contributed by atoms with Crippen LogP contribution in [-0.2, 0) is 5.75 Å². The van der Waals surface area contributed by atoms with Gasteiger partial charge in [0, 0.05) is 17.7 Å². The largest absolute Gasteiger partial charge is 0.363 e. The van der Waals surface area contributed by atoms with E-state index in [4.69, 9.17) is 0 Å². The molecular formula is C9H9BrN4S2. The van der Waals surface area contributed by atoms with E-state index in [0.29, 0.717) is 0 Å². The summed E-state index contributed by atoms with van der Waals surface area (Å²) in [5.74, 6) is 0.800. The van der Waals surface area contributed by atoms with Gasteiger partial charge in [-0.2, -0.15) is 0 Å². The van der Waals surface area contributed by atoms with E-state index in [9.17, 15) is 0 Å². The van der Waals surface area contributed by atoms with Crippen molar-refractivity contribution in [1.82, 2.24) is 15.2 Å². The molecule has 0 saturated carbocycles. The van der Waals surface area contributed by atoms with Crippen molar-refractivity contribution >= 4 is 44.2 Å². The molecule has 0 amide bonds. The van der Waals surface area contributed by atoms with Crippen molar-refractivity contribution in [2.45, 2.75) is 10.8 Å². The number of hydrogen-bond donors (Lipinski definition) is 1. The van der Waals surface area contributed by atoms with Gasteiger partial charge in [-0.3, -0.25) is 0 Å². The lowest BCUT2D eigenvalue weighted by molar-refractivity contribution is 1.04. The molecule has 0 saturated heterocycles. The molecule has 16 heavy (non-hydrogen) atoms. The van der Waals surface area contributed by atoms with Gasteiger partial charge in [0.05, 0.1) is 10.8 Å². The van der Waals surface area contributed by atoms with Gasteiger partial charge >= 0.3 is 0 Å². The third-order valence-corrected chi connectivity index (χ3v) is 4.27. The number of aromatic nitrogens is 3. The third-order valence-electron chi connectivity index (χ3n) is 1.72. The molecule has 2 rings (SSSR count). The number of nitrogens with one attached hydrogen (secondary N) is 1. The van der Waals surface area contributed by atoms with Crippen LogP contribution in [0.1, 0.15) is 5.01 Å². The Balaban J connectivity index is 1.94. The zero-order valence-electron chi connectivity index (χ0n) is 8.48. The van der Waals surface area contributed by atoms with E-state index in [2.05, 4.69) is 36.4 Å². The van der Waals surface area contributed by atoms with Crippen molar-refractivity contribution in [3.63, 3.8) is 0 Å². The maximum atomic E-state index is 4.28. The van der Waals surface area contributed by atoms with E-state index in [1.54, 1.807) is 29.3 Å². The lowest BCUT2D eigenvalue weighted by Crippen LogP contribution is -1.84. The molecule has 0 fully saturated rings. The zero-order valence-corrected chi connectivity index (χ0v) is 11.7. The van der Waals surface area contributed by atoms with Crippen LogP contribution in [0.15, 0.2) is 27.8 Å². The Labute approximate surface area is 110 Å². The molecule has 0 aromatic carbocycles. The second-order valence-corrected chi connectivity index (χ2v) is 5.83. The first kappa shape index (κ1) is 11.8. The molecule has 2 aromatic heterocycles. The Bertz CT molecular complexity index is 457. The van der Waals surface area contributed by atoms with Gasteiger partial charge in [-0.25, -0.2) is 4.98 Å². The number of pyridine rings is 1. The number of hydrogen-bond acceptors (Lipinski definition) is 6. The van der Waals surface area contributed by atoms with E-state index < -0.39 is 0 Å². The van der Waals surface area contributed by atoms with Crippen molar-refractivity contribution in [2.24, 2.45) is 0 Å². The summed E-state index contributed by atoms with van der Waals surface area (Å²) in [6.07, 6.45) is 1.79. The monoisotopic (exact) mass is 316 g/mol. The van der Waals surface area contributed by atoms with Crippen LogP contribution in [0.25, 0.3) is 0 Å². The maximum absolute atomic E-state index is 4.28. The summed E-state index contributed by atoms with van der Waals surface area (Å²) in [6, 6.07) is 3.96. The Morgan fingerprint density at radius 2 is 2.31 bits per heavy atom. The number of rotatable bonds is 4. The molecule has 4 nitrogen and oxygen atoms in total. The fourth-order valence-corrected chi connectivity index (χ4v) is 2.75. The third kappa shape index (κ3) is 3.16. The zero-order chi connectivity index (χ0) is 11.4. The van der Waals surface area contributed by atoms with Crippen molar-refractivity contribution in [3.05, 3.63) is 27.8 Å². The van der Waals surface area contributed by atoms with Gasteiger partial charge in [-0.1, -0.05) is 23.1 Å². The van der Waals surface area contributed by atoms with Crippen LogP contribution in [0.5, 0.6) is 0 Å². The normalized spacial score (nSPS) is 10.4. The molecule has 0 atom stereocenters. The van der Waals surface area contributed by atoms with Crippen LogP contribution in [0, 0.1) is 0 Å². The maximum Gasteiger partial charge on any atom is 0.205 e. The predicted octanol–water partition coefficient (Wildman–Crippen LogP) is 3.03. The van der Waals surface area contributed by atoms with Gasteiger partial charge in [0.25, 0.3) is 0 Å². The van der Waals surface area contributed by atoms with Gasteiger partial charge < -0.3 is 5.32 Å². The standard InChI is InChI=1S/C9H9BrN4S2/c1-11-9-14-13-8(16-9)5-15-7-3-2-6(10)4-12-7/h2-4H,5H2,1H3,(H,11,14). The highest BCUT2D eigenvalue weighted by molar-refractivity contribution is 9.10. The molecule has 0 aliphatic heterocycles. The van der Waals surface area contributed by atoms with Crippen LogP contribution in [0.2, 0.25) is 0 Å². The summed E-state index contributed by atoms with van der Waals surface area (Å²) < 4.78 is 0.991. The van der Waals surface area contributed by atoms with Crippen LogP contribution in [-0.4, -0.2) is 22.2 Å². The minimum atomic E-state index is 0.800. The highest BCUT2D eigenvalue weighted by atomic mass is 79.9. The summed E-state index contributed by atoms with van der Waals surface area (Å²) in [7, 11) is 1.84. The van der Waals surface area contributed by atoms with E-state index in [1.807, 2.05) is 19.2 Å². The van der Waals surface area contributed by atoms with Gasteiger partial charge in [-0.15, -0.1) is 10.2 Å². The minimum Gasteiger partial charge on any atom is -0.363 e. The molecule has 84 valence electrons. The summed E-state index contributed by atoms with van der Waals surface area (Å²) in [5, 5.41) is 13.8. The van der Waals surface area contributed by atoms with Crippen molar-refractivity contribution < 1.29 is 0 Å². The van der Waals surface area contributed by atoms with Crippen LogP contribution < -0.4 is 5.32 Å². The molecule has 2 aromatic rings. The lowest BCUT2D eigenvalue weighted by Gasteiger charge is -1.97. The topological polar surface area (TPSA) is 50.7 Å². The van der Waals surface area contributed by atoms with Gasteiger partial charge in [0.1, 0.15) is 5.01 Å². The number of thioether (sulfide) groups is 1. The van der Waals surface area contributed by atoms with Crippen LogP contribution in [0.4, 0.5) is 5.13 Å². The smallest absolute Gasteiger partial charge is 0.205 e. The first-order valence-electron chi connectivity index (χ1n) is 4.52. The first-order chi connectivity index (χ1) is 7.78. The molecule has 2 heterocycles. The first-order valence-corrected chi connectivity index (χ1v) is 7.12. The number of nitrogens with zero attached hydrogens (tertiary/aromatic N) is 3. The minimum absolute atomic E-state index is 0.800. The highest BCUT2D eigenvalue weighted by Crippen LogP contribution is 2.24. The molecule has 0 spiro atoms. The summed E-state index contributed by atoms with van der Waals surface area (Å²) >= 11 is 6.57. The Kier molecular flexibility index (Phi) is 4.14. The fraction of sp³-hybridized carbons (Fsp3) is 0.222.